The van der Waals surface area contributed by atoms with Crippen LogP contribution in [0, 0.1) is 5.92 Å². The first-order chi connectivity index (χ1) is 16.0. The van der Waals surface area contributed by atoms with Crippen LogP contribution >= 0.6 is 0 Å². The van der Waals surface area contributed by atoms with Gasteiger partial charge >= 0.3 is 5.69 Å². The number of aryl methyl sites for hydroxylation is 1. The molecular formula is C25H31N7O. The molecule has 2 heterocycles. The summed E-state index contributed by atoms with van der Waals surface area (Å²) in [6.07, 6.45) is 1.88. The molecule has 33 heavy (non-hydrogen) atoms. The van der Waals surface area contributed by atoms with E-state index in [1.54, 1.807) is 4.68 Å². The van der Waals surface area contributed by atoms with Crippen LogP contribution in [0.2, 0.25) is 0 Å². The first-order valence-electron chi connectivity index (χ1n) is 11.6. The Kier molecular flexibility index (Phi) is 6.82. The van der Waals surface area contributed by atoms with E-state index < -0.39 is 0 Å². The monoisotopic (exact) mass is 445 g/mol. The summed E-state index contributed by atoms with van der Waals surface area (Å²) in [5.74, 6) is 2.19. The Balaban J connectivity index is 1.58. The number of hydrogen-bond acceptors (Lipinski definition) is 5. The fourth-order valence-corrected chi connectivity index (χ4v) is 3.79. The van der Waals surface area contributed by atoms with Gasteiger partial charge in [0.2, 0.25) is 5.82 Å². The Bertz CT molecular complexity index is 1240. The van der Waals surface area contributed by atoms with Crippen LogP contribution in [0.4, 0.5) is 0 Å². The van der Waals surface area contributed by atoms with Gasteiger partial charge in [0.25, 0.3) is 0 Å². The van der Waals surface area contributed by atoms with Gasteiger partial charge in [-0.3, -0.25) is 4.57 Å². The van der Waals surface area contributed by atoms with Crippen LogP contribution in [-0.2, 0) is 13.1 Å². The second kappa shape index (κ2) is 9.94. The molecule has 0 aliphatic rings. The molecule has 0 fully saturated rings. The molecule has 4 rings (SSSR count). The molecule has 8 nitrogen and oxygen atoms in total. The lowest BCUT2D eigenvalue weighted by Crippen LogP contribution is -2.26. The van der Waals surface area contributed by atoms with E-state index in [4.69, 9.17) is 5.10 Å². The minimum absolute atomic E-state index is 0.0251. The van der Waals surface area contributed by atoms with Crippen LogP contribution in [0.25, 0.3) is 22.5 Å². The number of nitrogens with zero attached hydrogens (tertiary/aromatic N) is 6. The van der Waals surface area contributed by atoms with Gasteiger partial charge in [0.1, 0.15) is 5.82 Å². The maximum absolute atomic E-state index is 13.1. The molecule has 0 saturated heterocycles. The SMILES string of the molecule is CCC(C)c1nn(CCC(C)C)c(=O)n1Cc1ccc(-c2cccc(-c3nn[nH]n3)c2)cc1. The highest BCUT2D eigenvalue weighted by Crippen LogP contribution is 2.25. The zero-order valence-corrected chi connectivity index (χ0v) is 19.7. The van der Waals surface area contributed by atoms with Crippen molar-refractivity contribution in [2.45, 2.75) is 59.5 Å². The minimum Gasteiger partial charge on any atom is -0.274 e. The number of hydrogen-bond donors (Lipinski definition) is 1. The van der Waals surface area contributed by atoms with Crippen LogP contribution in [0.3, 0.4) is 0 Å². The van der Waals surface area contributed by atoms with Crippen molar-refractivity contribution in [3.05, 3.63) is 70.4 Å². The average Bonchev–Trinajstić information content (AvgIpc) is 3.47. The van der Waals surface area contributed by atoms with Gasteiger partial charge in [-0.15, -0.1) is 10.2 Å². The number of aromatic amines is 1. The Morgan fingerprint density at radius 2 is 1.76 bits per heavy atom. The van der Waals surface area contributed by atoms with Crippen LogP contribution in [0.1, 0.15) is 57.8 Å². The quantitative estimate of drug-likeness (QED) is 0.409. The molecule has 2 aromatic heterocycles. The summed E-state index contributed by atoms with van der Waals surface area (Å²) >= 11 is 0. The van der Waals surface area contributed by atoms with Crippen LogP contribution in [0.5, 0.6) is 0 Å². The maximum atomic E-state index is 13.1. The number of tetrazole rings is 1. The zero-order chi connectivity index (χ0) is 23.4. The second-order valence-corrected chi connectivity index (χ2v) is 8.96. The Morgan fingerprint density at radius 3 is 2.42 bits per heavy atom. The Labute approximate surface area is 193 Å². The largest absolute Gasteiger partial charge is 0.346 e. The van der Waals surface area contributed by atoms with E-state index in [9.17, 15) is 4.79 Å². The number of rotatable bonds is 9. The summed E-state index contributed by atoms with van der Waals surface area (Å²) in [6.45, 7) is 9.76. The summed E-state index contributed by atoms with van der Waals surface area (Å²) in [4.78, 5) is 13.1. The molecule has 2 aromatic carbocycles. The fourth-order valence-electron chi connectivity index (χ4n) is 3.79. The van der Waals surface area contributed by atoms with E-state index in [1.165, 1.54) is 0 Å². The van der Waals surface area contributed by atoms with Crippen molar-refractivity contribution in [3.8, 4) is 22.5 Å². The molecule has 172 valence electrons. The van der Waals surface area contributed by atoms with Gasteiger partial charge in [-0.1, -0.05) is 70.2 Å². The topological polar surface area (TPSA) is 94.3 Å². The summed E-state index contributed by atoms with van der Waals surface area (Å²) in [6, 6.07) is 16.4. The maximum Gasteiger partial charge on any atom is 0.346 e. The summed E-state index contributed by atoms with van der Waals surface area (Å²) in [5.41, 5.74) is 4.11. The Hall–Kier alpha value is -3.55. The first kappa shape index (κ1) is 22.6. The molecule has 0 spiro atoms. The van der Waals surface area contributed by atoms with Gasteiger partial charge in [-0.2, -0.15) is 10.3 Å². The van der Waals surface area contributed by atoms with Crippen LogP contribution in [-0.4, -0.2) is 35.0 Å². The van der Waals surface area contributed by atoms with Crippen molar-refractivity contribution in [2.75, 3.05) is 0 Å². The molecule has 0 amide bonds. The predicted molar refractivity (Wildman–Crippen MR) is 129 cm³/mol. The van der Waals surface area contributed by atoms with Crippen LogP contribution < -0.4 is 5.69 Å². The molecule has 1 N–H and O–H groups in total. The number of aromatic nitrogens is 7. The second-order valence-electron chi connectivity index (χ2n) is 8.96. The van der Waals surface area contributed by atoms with E-state index in [1.807, 2.05) is 22.8 Å². The molecule has 0 aliphatic heterocycles. The third kappa shape index (κ3) is 5.10. The minimum atomic E-state index is -0.0251. The molecule has 8 heteroatoms. The first-order valence-corrected chi connectivity index (χ1v) is 11.6. The van der Waals surface area contributed by atoms with Crippen molar-refractivity contribution in [3.63, 3.8) is 0 Å². The Morgan fingerprint density at radius 1 is 1.00 bits per heavy atom. The molecular weight excluding hydrogens is 414 g/mol. The van der Waals surface area contributed by atoms with E-state index in [0.29, 0.717) is 24.8 Å². The molecule has 0 saturated carbocycles. The van der Waals surface area contributed by atoms with Gasteiger partial charge in [0.15, 0.2) is 0 Å². The van der Waals surface area contributed by atoms with Gasteiger partial charge < -0.3 is 0 Å². The highest BCUT2D eigenvalue weighted by atomic mass is 16.2. The predicted octanol–water partition coefficient (Wildman–Crippen LogP) is 4.50. The summed E-state index contributed by atoms with van der Waals surface area (Å²) in [7, 11) is 0. The highest BCUT2D eigenvalue weighted by molar-refractivity contribution is 5.70. The van der Waals surface area contributed by atoms with Crippen molar-refractivity contribution in [1.29, 1.82) is 0 Å². The number of nitrogens with one attached hydrogen (secondary N) is 1. The van der Waals surface area contributed by atoms with Crippen molar-refractivity contribution in [1.82, 2.24) is 35.0 Å². The zero-order valence-electron chi connectivity index (χ0n) is 19.7. The smallest absolute Gasteiger partial charge is 0.274 e. The van der Waals surface area contributed by atoms with Gasteiger partial charge in [0.05, 0.1) is 6.54 Å². The average molecular weight is 446 g/mol. The molecule has 4 aromatic rings. The van der Waals surface area contributed by atoms with Gasteiger partial charge in [-0.25, -0.2) is 9.48 Å². The fraction of sp³-hybridized carbons (Fsp3) is 0.400. The third-order valence-corrected chi connectivity index (χ3v) is 6.02. The van der Waals surface area contributed by atoms with E-state index in [0.717, 1.165) is 40.9 Å². The van der Waals surface area contributed by atoms with Crippen LogP contribution in [0.15, 0.2) is 53.3 Å². The molecule has 1 unspecified atom stereocenters. The van der Waals surface area contributed by atoms with Crippen molar-refractivity contribution in [2.24, 2.45) is 5.92 Å². The lowest BCUT2D eigenvalue weighted by molar-refractivity contribution is 0.472. The van der Waals surface area contributed by atoms with Crippen molar-refractivity contribution >= 4 is 0 Å². The van der Waals surface area contributed by atoms with E-state index in [-0.39, 0.29) is 11.6 Å². The summed E-state index contributed by atoms with van der Waals surface area (Å²) in [5, 5.41) is 18.9. The van der Waals surface area contributed by atoms with Gasteiger partial charge in [-0.05, 0) is 46.7 Å². The highest BCUT2D eigenvalue weighted by Gasteiger charge is 2.18. The normalized spacial score (nSPS) is 12.4. The third-order valence-electron chi connectivity index (χ3n) is 6.02. The van der Waals surface area contributed by atoms with Gasteiger partial charge in [0, 0.05) is 18.0 Å². The standard InChI is InChI=1S/C25H31N7O/c1-5-18(4)24-28-32(14-13-17(2)3)25(33)31(24)16-19-9-11-20(12-10-19)21-7-6-8-22(15-21)23-26-29-30-27-23/h6-12,15,17-18H,5,13-14,16H2,1-4H3,(H,26,27,29,30). The molecule has 0 radical (unpaired) electrons. The van der Waals surface area contributed by atoms with E-state index in [2.05, 4.69) is 78.7 Å². The summed E-state index contributed by atoms with van der Waals surface area (Å²) < 4.78 is 3.47. The molecule has 0 aliphatic carbocycles. The van der Waals surface area contributed by atoms with Crippen molar-refractivity contribution < 1.29 is 0 Å². The number of H-pyrrole nitrogens is 1. The lowest BCUT2D eigenvalue weighted by atomic mass is 10.0. The van der Waals surface area contributed by atoms with E-state index >= 15 is 0 Å². The molecule has 0 bridgehead atoms. The molecule has 1 atom stereocenters. The lowest BCUT2D eigenvalue weighted by Gasteiger charge is -2.11. The number of benzene rings is 2.